The van der Waals surface area contributed by atoms with Gasteiger partial charge in [0.1, 0.15) is 11.6 Å². The van der Waals surface area contributed by atoms with Crippen molar-refractivity contribution in [2.75, 3.05) is 0 Å². The van der Waals surface area contributed by atoms with Gasteiger partial charge in [-0.05, 0) is 12.5 Å². The molecular weight excluding hydrogens is 169 g/mol. The van der Waals surface area contributed by atoms with E-state index in [9.17, 15) is 9.50 Å². The molecule has 1 aromatic carbocycles. The molecule has 72 valence electrons. The van der Waals surface area contributed by atoms with Crippen LogP contribution in [0.4, 0.5) is 4.39 Å². The fourth-order valence-corrected chi connectivity index (χ4v) is 1.30. The smallest absolute Gasteiger partial charge is 0.126 e. The number of hydrogen-bond acceptors (Lipinski definition) is 2. The van der Waals surface area contributed by atoms with Gasteiger partial charge in [-0.25, -0.2) is 4.39 Å². The maximum Gasteiger partial charge on any atom is 0.126 e. The SMILES string of the molecule is CCC[C@@H](N)c1ccc(F)cc1O. The number of nitrogens with two attached hydrogens (primary N) is 1. The Bertz CT molecular complexity index is 288. The van der Waals surface area contributed by atoms with Crippen LogP contribution < -0.4 is 5.73 Å². The molecule has 13 heavy (non-hydrogen) atoms. The highest BCUT2D eigenvalue weighted by molar-refractivity contribution is 5.34. The summed E-state index contributed by atoms with van der Waals surface area (Å²) in [5, 5.41) is 9.37. The van der Waals surface area contributed by atoms with Gasteiger partial charge >= 0.3 is 0 Å². The minimum atomic E-state index is -0.440. The molecule has 0 saturated carbocycles. The minimum absolute atomic E-state index is 0.0547. The van der Waals surface area contributed by atoms with Gasteiger partial charge in [0, 0.05) is 17.7 Å². The number of hydrogen-bond donors (Lipinski definition) is 2. The molecule has 0 aliphatic rings. The molecule has 0 aromatic heterocycles. The van der Waals surface area contributed by atoms with E-state index in [1.807, 2.05) is 6.92 Å². The molecule has 0 aliphatic carbocycles. The monoisotopic (exact) mass is 183 g/mol. The van der Waals surface area contributed by atoms with Crippen molar-refractivity contribution in [1.82, 2.24) is 0 Å². The standard InChI is InChI=1S/C10H14FNO/c1-2-3-9(12)8-5-4-7(11)6-10(8)13/h4-6,9,13H,2-3,12H2,1H3/t9-/m1/s1. The van der Waals surface area contributed by atoms with Gasteiger partial charge in [-0.15, -0.1) is 0 Å². The summed E-state index contributed by atoms with van der Waals surface area (Å²) in [5.41, 5.74) is 6.39. The summed E-state index contributed by atoms with van der Waals surface area (Å²) in [6.45, 7) is 2.01. The van der Waals surface area contributed by atoms with Crippen LogP contribution in [-0.2, 0) is 0 Å². The summed E-state index contributed by atoms with van der Waals surface area (Å²) in [6, 6.07) is 3.73. The summed E-state index contributed by atoms with van der Waals surface area (Å²) in [5.74, 6) is -0.495. The summed E-state index contributed by atoms with van der Waals surface area (Å²) < 4.78 is 12.6. The molecule has 0 aliphatic heterocycles. The molecule has 1 rings (SSSR count). The van der Waals surface area contributed by atoms with Crippen molar-refractivity contribution in [2.45, 2.75) is 25.8 Å². The zero-order valence-corrected chi connectivity index (χ0v) is 7.63. The van der Waals surface area contributed by atoms with Crippen LogP contribution in [0.15, 0.2) is 18.2 Å². The maximum atomic E-state index is 12.6. The molecule has 0 amide bonds. The quantitative estimate of drug-likeness (QED) is 0.755. The number of halogens is 1. The van der Waals surface area contributed by atoms with Crippen molar-refractivity contribution in [2.24, 2.45) is 5.73 Å². The van der Waals surface area contributed by atoms with Crippen LogP contribution in [0, 0.1) is 5.82 Å². The Morgan fingerprint density at radius 3 is 2.77 bits per heavy atom. The summed E-state index contributed by atoms with van der Waals surface area (Å²) in [7, 11) is 0. The Morgan fingerprint density at radius 1 is 1.54 bits per heavy atom. The molecule has 1 atom stereocenters. The predicted molar refractivity (Wildman–Crippen MR) is 49.9 cm³/mol. The second-order valence-corrected chi connectivity index (χ2v) is 3.10. The van der Waals surface area contributed by atoms with Crippen LogP contribution in [0.3, 0.4) is 0 Å². The second-order valence-electron chi connectivity index (χ2n) is 3.10. The largest absolute Gasteiger partial charge is 0.508 e. The third-order valence-corrected chi connectivity index (χ3v) is 1.99. The Balaban J connectivity index is 2.88. The minimum Gasteiger partial charge on any atom is -0.508 e. The van der Waals surface area contributed by atoms with Crippen molar-refractivity contribution in [3.63, 3.8) is 0 Å². The van der Waals surface area contributed by atoms with Crippen LogP contribution in [0.1, 0.15) is 31.4 Å². The maximum absolute atomic E-state index is 12.6. The zero-order valence-electron chi connectivity index (χ0n) is 7.63. The molecule has 3 heteroatoms. The molecule has 0 heterocycles. The predicted octanol–water partition coefficient (Wildman–Crippen LogP) is 2.33. The highest BCUT2D eigenvalue weighted by Gasteiger charge is 2.09. The van der Waals surface area contributed by atoms with Crippen LogP contribution in [0.5, 0.6) is 5.75 Å². The molecule has 0 unspecified atom stereocenters. The van der Waals surface area contributed by atoms with E-state index in [0.29, 0.717) is 5.56 Å². The third-order valence-electron chi connectivity index (χ3n) is 1.99. The molecule has 0 saturated heterocycles. The lowest BCUT2D eigenvalue weighted by atomic mass is 10.0. The summed E-state index contributed by atoms with van der Waals surface area (Å²) in [4.78, 5) is 0. The molecule has 2 nitrogen and oxygen atoms in total. The molecular formula is C10H14FNO. The molecule has 0 fully saturated rings. The van der Waals surface area contributed by atoms with Gasteiger partial charge in [0.05, 0.1) is 0 Å². The van der Waals surface area contributed by atoms with Gasteiger partial charge in [-0.1, -0.05) is 19.4 Å². The van der Waals surface area contributed by atoms with E-state index in [1.165, 1.54) is 12.1 Å². The van der Waals surface area contributed by atoms with Crippen molar-refractivity contribution in [1.29, 1.82) is 0 Å². The normalized spacial score (nSPS) is 12.8. The molecule has 0 bridgehead atoms. The van der Waals surface area contributed by atoms with E-state index in [-0.39, 0.29) is 11.8 Å². The van der Waals surface area contributed by atoms with Crippen molar-refractivity contribution in [3.8, 4) is 5.75 Å². The lowest BCUT2D eigenvalue weighted by molar-refractivity contribution is 0.452. The van der Waals surface area contributed by atoms with E-state index < -0.39 is 5.82 Å². The average molecular weight is 183 g/mol. The first-order valence-corrected chi connectivity index (χ1v) is 4.39. The fraction of sp³-hybridized carbons (Fsp3) is 0.400. The first-order valence-electron chi connectivity index (χ1n) is 4.39. The highest BCUT2D eigenvalue weighted by atomic mass is 19.1. The van der Waals surface area contributed by atoms with E-state index in [0.717, 1.165) is 18.9 Å². The topological polar surface area (TPSA) is 46.2 Å². The Labute approximate surface area is 77.2 Å². The number of aromatic hydroxyl groups is 1. The van der Waals surface area contributed by atoms with Gasteiger partial charge < -0.3 is 10.8 Å². The Hall–Kier alpha value is -1.09. The summed E-state index contributed by atoms with van der Waals surface area (Å²) >= 11 is 0. The van der Waals surface area contributed by atoms with E-state index in [1.54, 1.807) is 0 Å². The van der Waals surface area contributed by atoms with Crippen LogP contribution in [0.25, 0.3) is 0 Å². The first kappa shape index (κ1) is 9.99. The van der Waals surface area contributed by atoms with Crippen LogP contribution >= 0.6 is 0 Å². The number of rotatable bonds is 3. The van der Waals surface area contributed by atoms with Gasteiger partial charge in [-0.3, -0.25) is 0 Å². The molecule has 0 spiro atoms. The number of benzene rings is 1. The zero-order chi connectivity index (χ0) is 9.84. The first-order chi connectivity index (χ1) is 6.15. The van der Waals surface area contributed by atoms with Gasteiger partial charge in [0.15, 0.2) is 0 Å². The van der Waals surface area contributed by atoms with Crippen LogP contribution in [-0.4, -0.2) is 5.11 Å². The molecule has 3 N–H and O–H groups in total. The third kappa shape index (κ3) is 2.42. The summed E-state index contributed by atoms with van der Waals surface area (Å²) in [6.07, 6.45) is 1.73. The van der Waals surface area contributed by atoms with Gasteiger partial charge in [-0.2, -0.15) is 0 Å². The van der Waals surface area contributed by atoms with Crippen molar-refractivity contribution in [3.05, 3.63) is 29.6 Å². The van der Waals surface area contributed by atoms with Crippen LogP contribution in [0.2, 0.25) is 0 Å². The van der Waals surface area contributed by atoms with E-state index >= 15 is 0 Å². The Morgan fingerprint density at radius 2 is 2.23 bits per heavy atom. The fourth-order valence-electron chi connectivity index (χ4n) is 1.30. The van der Waals surface area contributed by atoms with Crippen molar-refractivity contribution >= 4 is 0 Å². The van der Waals surface area contributed by atoms with E-state index in [4.69, 9.17) is 5.73 Å². The second kappa shape index (κ2) is 4.23. The lowest BCUT2D eigenvalue weighted by Crippen LogP contribution is -2.09. The Kier molecular flexibility index (Phi) is 3.25. The van der Waals surface area contributed by atoms with Crippen molar-refractivity contribution < 1.29 is 9.50 Å². The number of phenolic OH excluding ortho intramolecular Hbond substituents is 1. The lowest BCUT2D eigenvalue weighted by Gasteiger charge is -2.12. The number of phenols is 1. The highest BCUT2D eigenvalue weighted by Crippen LogP contribution is 2.25. The van der Waals surface area contributed by atoms with Gasteiger partial charge in [0.2, 0.25) is 0 Å². The molecule has 1 aromatic rings. The van der Waals surface area contributed by atoms with E-state index in [2.05, 4.69) is 0 Å². The van der Waals surface area contributed by atoms with Gasteiger partial charge in [0.25, 0.3) is 0 Å². The molecule has 0 radical (unpaired) electrons. The average Bonchev–Trinajstić information content (AvgIpc) is 2.04.